The van der Waals surface area contributed by atoms with Crippen LogP contribution in [0.1, 0.15) is 68.6 Å². The lowest BCUT2D eigenvalue weighted by atomic mass is 9.87. The largest absolute Gasteiger partial charge is 0.545 e. The van der Waals surface area contributed by atoms with Gasteiger partial charge in [-0.3, -0.25) is 0 Å². The molecule has 0 amide bonds. The molecule has 0 aliphatic rings. The van der Waals surface area contributed by atoms with Crippen molar-refractivity contribution in [3.63, 3.8) is 0 Å². The second-order valence-corrected chi connectivity index (χ2v) is 12.1. The van der Waals surface area contributed by atoms with Crippen LogP contribution in [0.2, 0.25) is 0 Å². The van der Waals surface area contributed by atoms with Crippen LogP contribution in [0.25, 0.3) is 0 Å². The normalized spacial score (nSPS) is 12.3. The summed E-state index contributed by atoms with van der Waals surface area (Å²) < 4.78 is 0. The van der Waals surface area contributed by atoms with Crippen molar-refractivity contribution in [3.8, 4) is 0 Å². The summed E-state index contributed by atoms with van der Waals surface area (Å²) in [4.78, 5) is 15.0. The van der Waals surface area contributed by atoms with Crippen LogP contribution in [0.3, 0.4) is 0 Å². The Morgan fingerprint density at radius 3 is 1.48 bits per heavy atom. The Morgan fingerprint density at radius 2 is 1.13 bits per heavy atom. The maximum absolute atomic E-state index is 12.0. The number of hydrogen-bond acceptors (Lipinski definition) is 2. The molecule has 3 rings (SSSR count). The van der Waals surface area contributed by atoms with E-state index in [0.717, 1.165) is 20.2 Å². The predicted molar refractivity (Wildman–Crippen MR) is 128 cm³/mol. The summed E-state index contributed by atoms with van der Waals surface area (Å²) >= 11 is 0. The predicted octanol–water partition coefficient (Wildman–Crippen LogP) is 6.05. The number of aryl methyl sites for hydroxylation is 1. The summed E-state index contributed by atoms with van der Waals surface area (Å²) in [5.41, 5.74) is 3.82. The van der Waals surface area contributed by atoms with E-state index in [0.29, 0.717) is 0 Å². The number of carboxylic acid groups (broad SMARTS) is 1. The SMILES string of the molecule is Cc1ccc([S+](c2ccc(C(C)(C)C)cc2)c2ccc(C(C)(C)C)cc2)c(C(=O)[O-])c1. The molecule has 0 spiro atoms. The third kappa shape index (κ3) is 5.22. The molecule has 0 unspecified atom stereocenters. The van der Waals surface area contributed by atoms with Gasteiger partial charge in [0.25, 0.3) is 0 Å². The van der Waals surface area contributed by atoms with Crippen molar-refractivity contribution in [2.24, 2.45) is 0 Å². The van der Waals surface area contributed by atoms with Gasteiger partial charge in [0.15, 0.2) is 14.7 Å². The number of rotatable bonds is 4. The Kier molecular flexibility index (Phi) is 6.38. The van der Waals surface area contributed by atoms with Crippen molar-refractivity contribution in [2.45, 2.75) is 74.0 Å². The number of carboxylic acids is 1. The van der Waals surface area contributed by atoms with E-state index in [1.165, 1.54) is 11.1 Å². The monoisotopic (exact) mass is 432 g/mol. The van der Waals surface area contributed by atoms with E-state index in [4.69, 9.17) is 0 Å². The number of carbonyl (C=O) groups excluding carboxylic acids is 1. The molecule has 0 aromatic heterocycles. The van der Waals surface area contributed by atoms with Gasteiger partial charge in [-0.25, -0.2) is 0 Å². The number of aromatic carboxylic acids is 1. The van der Waals surface area contributed by atoms with Crippen molar-refractivity contribution < 1.29 is 9.90 Å². The van der Waals surface area contributed by atoms with Crippen LogP contribution in [0.5, 0.6) is 0 Å². The number of carbonyl (C=O) groups is 1. The van der Waals surface area contributed by atoms with Gasteiger partial charge in [0.2, 0.25) is 0 Å². The fourth-order valence-corrected chi connectivity index (χ4v) is 5.72. The molecule has 3 heteroatoms. The highest BCUT2D eigenvalue weighted by Gasteiger charge is 2.32. The zero-order valence-corrected chi connectivity index (χ0v) is 20.4. The quantitative estimate of drug-likeness (QED) is 0.471. The minimum absolute atomic E-state index is 0.0610. The van der Waals surface area contributed by atoms with Crippen LogP contribution in [0, 0.1) is 6.92 Å². The van der Waals surface area contributed by atoms with E-state index < -0.39 is 16.9 Å². The van der Waals surface area contributed by atoms with Crippen LogP contribution in [-0.4, -0.2) is 5.97 Å². The van der Waals surface area contributed by atoms with Gasteiger partial charge >= 0.3 is 0 Å². The smallest absolute Gasteiger partial charge is 0.175 e. The molecule has 0 fully saturated rings. The second-order valence-electron chi connectivity index (χ2n) is 10.1. The van der Waals surface area contributed by atoms with Gasteiger partial charge in [0, 0.05) is 0 Å². The molecule has 0 bridgehead atoms. The third-order valence-electron chi connectivity index (χ3n) is 5.49. The van der Waals surface area contributed by atoms with E-state index in [-0.39, 0.29) is 16.4 Å². The highest BCUT2D eigenvalue weighted by atomic mass is 32.2. The lowest BCUT2D eigenvalue weighted by molar-refractivity contribution is -0.255. The Morgan fingerprint density at radius 1 is 0.710 bits per heavy atom. The van der Waals surface area contributed by atoms with Gasteiger partial charge in [0.05, 0.1) is 22.4 Å². The van der Waals surface area contributed by atoms with Crippen LogP contribution in [-0.2, 0) is 21.7 Å². The van der Waals surface area contributed by atoms with Crippen LogP contribution in [0.15, 0.2) is 81.4 Å². The minimum atomic E-state index is -1.13. The topological polar surface area (TPSA) is 40.1 Å². The summed E-state index contributed by atoms with van der Waals surface area (Å²) in [6.45, 7) is 15.1. The fourth-order valence-electron chi connectivity index (χ4n) is 3.55. The molecule has 0 aliphatic heterocycles. The zero-order chi connectivity index (χ0) is 23.0. The van der Waals surface area contributed by atoms with Crippen molar-refractivity contribution >= 4 is 16.9 Å². The summed E-state index contributed by atoms with van der Waals surface area (Å²) in [6.07, 6.45) is 0. The van der Waals surface area contributed by atoms with Gasteiger partial charge in [0.1, 0.15) is 0 Å². The second kappa shape index (κ2) is 8.55. The fraction of sp³-hybridized carbons (Fsp3) is 0.321. The summed E-state index contributed by atoms with van der Waals surface area (Å²) in [6, 6.07) is 22.8. The molecule has 3 aromatic carbocycles. The van der Waals surface area contributed by atoms with Crippen LogP contribution in [0.4, 0.5) is 0 Å². The van der Waals surface area contributed by atoms with Crippen molar-refractivity contribution in [2.75, 3.05) is 0 Å². The first kappa shape index (κ1) is 23.1. The minimum Gasteiger partial charge on any atom is -0.545 e. The van der Waals surface area contributed by atoms with E-state index in [1.807, 2.05) is 19.1 Å². The molecule has 0 saturated carbocycles. The van der Waals surface area contributed by atoms with E-state index in [2.05, 4.69) is 90.1 Å². The molecule has 31 heavy (non-hydrogen) atoms. The lowest BCUT2D eigenvalue weighted by Gasteiger charge is -2.20. The van der Waals surface area contributed by atoms with Crippen molar-refractivity contribution in [1.82, 2.24) is 0 Å². The molecular formula is C28H32O2S. The van der Waals surface area contributed by atoms with E-state index in [9.17, 15) is 9.90 Å². The Hall–Kier alpha value is -2.52. The molecular weight excluding hydrogens is 400 g/mol. The van der Waals surface area contributed by atoms with Gasteiger partial charge in [-0.15, -0.1) is 0 Å². The lowest BCUT2D eigenvalue weighted by Crippen LogP contribution is -2.25. The summed E-state index contributed by atoms with van der Waals surface area (Å²) in [5.74, 6) is -1.13. The Bertz CT molecular complexity index is 1010. The molecule has 0 saturated heterocycles. The molecule has 0 heterocycles. The van der Waals surface area contributed by atoms with E-state index >= 15 is 0 Å². The molecule has 162 valence electrons. The zero-order valence-electron chi connectivity index (χ0n) is 19.6. The summed E-state index contributed by atoms with van der Waals surface area (Å²) in [7, 11) is -0.546. The maximum atomic E-state index is 12.0. The van der Waals surface area contributed by atoms with Gasteiger partial charge in [-0.1, -0.05) is 77.4 Å². The van der Waals surface area contributed by atoms with Crippen molar-refractivity contribution in [3.05, 3.63) is 89.0 Å². The Labute approximate surface area is 189 Å². The number of benzene rings is 3. The molecule has 0 radical (unpaired) electrons. The molecule has 0 N–H and O–H groups in total. The highest BCUT2D eigenvalue weighted by molar-refractivity contribution is 7.97. The average Bonchev–Trinajstić information content (AvgIpc) is 2.68. The molecule has 0 atom stereocenters. The molecule has 3 aromatic rings. The molecule has 0 aliphatic carbocycles. The highest BCUT2D eigenvalue weighted by Crippen LogP contribution is 2.36. The van der Waals surface area contributed by atoms with Crippen molar-refractivity contribution in [1.29, 1.82) is 0 Å². The van der Waals surface area contributed by atoms with Gasteiger partial charge in [-0.05, 0) is 65.3 Å². The first-order chi connectivity index (χ1) is 14.4. The van der Waals surface area contributed by atoms with Gasteiger partial charge in [-0.2, -0.15) is 0 Å². The van der Waals surface area contributed by atoms with E-state index in [1.54, 1.807) is 6.07 Å². The Balaban J connectivity index is 2.19. The third-order valence-corrected chi connectivity index (χ3v) is 7.77. The first-order valence-corrected chi connectivity index (χ1v) is 11.9. The first-order valence-electron chi connectivity index (χ1n) is 10.7. The standard InChI is InChI=1S/C28H32O2S/c1-19-8-17-25(24(18-19)26(29)30)31(22-13-9-20(10-14-22)27(2,3)4)23-15-11-21(12-16-23)28(5,6)7/h8-18H,1-7H3. The number of hydrogen-bond donors (Lipinski definition) is 0. The maximum Gasteiger partial charge on any atom is 0.175 e. The summed E-state index contributed by atoms with van der Waals surface area (Å²) in [5, 5.41) is 12.0. The van der Waals surface area contributed by atoms with Crippen LogP contribution < -0.4 is 5.11 Å². The van der Waals surface area contributed by atoms with Gasteiger partial charge < -0.3 is 9.90 Å². The average molecular weight is 433 g/mol. The van der Waals surface area contributed by atoms with Crippen LogP contribution >= 0.6 is 0 Å². The molecule has 2 nitrogen and oxygen atoms in total.